The number of allylic oxidation sites excluding steroid dienone is 3. The lowest BCUT2D eigenvalue weighted by molar-refractivity contribution is 0.0934. The lowest BCUT2D eigenvalue weighted by atomic mass is 9.80. The van der Waals surface area contributed by atoms with Gasteiger partial charge in [0, 0.05) is 17.4 Å². The van der Waals surface area contributed by atoms with Crippen LogP contribution in [0.3, 0.4) is 0 Å². The smallest absolute Gasteiger partial charge is 0.170 e. The van der Waals surface area contributed by atoms with Gasteiger partial charge < -0.3 is 0 Å². The molecule has 2 aliphatic carbocycles. The van der Waals surface area contributed by atoms with Gasteiger partial charge in [-0.3, -0.25) is 4.79 Å². The summed E-state index contributed by atoms with van der Waals surface area (Å²) in [5.41, 5.74) is 7.75. The van der Waals surface area contributed by atoms with Gasteiger partial charge in [-0.25, -0.2) is 4.39 Å². The topological polar surface area (TPSA) is 17.1 Å². The van der Waals surface area contributed by atoms with Crippen molar-refractivity contribution >= 4 is 17.4 Å². The molecule has 0 saturated carbocycles. The minimum Gasteiger partial charge on any atom is -0.293 e. The van der Waals surface area contributed by atoms with Gasteiger partial charge in [0.2, 0.25) is 0 Å². The number of hydrogen-bond donors (Lipinski definition) is 0. The first-order chi connectivity index (χ1) is 14.6. The number of benzene rings is 3. The molecule has 148 valence electrons. The Bertz CT molecular complexity index is 1180. The number of Topliss-reactive ketones (excluding diaryl/α,β-unsaturated/α-hetero) is 1. The number of rotatable bonds is 4. The van der Waals surface area contributed by atoms with E-state index in [0.717, 1.165) is 35.1 Å². The second-order valence-corrected chi connectivity index (χ2v) is 8.24. The van der Waals surface area contributed by atoms with Crippen molar-refractivity contribution in [3.63, 3.8) is 0 Å². The van der Waals surface area contributed by atoms with E-state index in [1.54, 1.807) is 0 Å². The molecule has 0 saturated heterocycles. The fourth-order valence-electron chi connectivity index (χ4n) is 4.90. The maximum absolute atomic E-state index is 13.7. The highest BCUT2D eigenvalue weighted by Gasteiger charge is 2.36. The van der Waals surface area contributed by atoms with Gasteiger partial charge in [0.05, 0.1) is 0 Å². The Balaban J connectivity index is 1.59. The van der Waals surface area contributed by atoms with Gasteiger partial charge in [0.1, 0.15) is 5.82 Å². The van der Waals surface area contributed by atoms with Crippen LogP contribution in [-0.2, 0) is 6.42 Å². The summed E-state index contributed by atoms with van der Waals surface area (Å²) in [6, 6.07) is 20.8. The molecule has 0 N–H and O–H groups in total. The summed E-state index contributed by atoms with van der Waals surface area (Å²) in [4.78, 5) is 13.7. The van der Waals surface area contributed by atoms with Crippen LogP contribution >= 0.6 is 0 Å². The van der Waals surface area contributed by atoms with E-state index in [1.165, 1.54) is 28.8 Å². The summed E-state index contributed by atoms with van der Waals surface area (Å²) in [6.07, 6.45) is 8.17. The molecule has 0 amide bonds. The van der Waals surface area contributed by atoms with Crippen molar-refractivity contribution in [2.75, 3.05) is 0 Å². The number of ketones is 1. The molecule has 3 aromatic carbocycles. The number of fused-ring (bicyclic) bond motifs is 1. The molecule has 0 bridgehead atoms. The first-order valence-electron chi connectivity index (χ1n) is 10.5. The number of aryl methyl sites for hydroxylation is 1. The second-order valence-electron chi connectivity index (χ2n) is 8.24. The normalized spacial score (nSPS) is 19.6. The number of carbonyl (C=O) groups is 1. The summed E-state index contributed by atoms with van der Waals surface area (Å²) in [7, 11) is 0. The van der Waals surface area contributed by atoms with Crippen molar-refractivity contribution in [1.82, 2.24) is 0 Å². The lowest BCUT2D eigenvalue weighted by Gasteiger charge is -2.22. The Morgan fingerprint density at radius 3 is 2.57 bits per heavy atom. The third-order valence-corrected chi connectivity index (χ3v) is 6.45. The summed E-state index contributed by atoms with van der Waals surface area (Å²) in [5, 5.41) is 0. The van der Waals surface area contributed by atoms with Gasteiger partial charge in [0.25, 0.3) is 0 Å². The van der Waals surface area contributed by atoms with Crippen molar-refractivity contribution in [2.24, 2.45) is 5.92 Å². The average molecular weight is 394 g/mol. The zero-order valence-electron chi connectivity index (χ0n) is 16.9. The Hall–Kier alpha value is -3.26. The second kappa shape index (κ2) is 7.53. The standard InChI is InChI=1S/C28H23FO/c1-18-6-2-3-9-23(18)28(30)27-17-21(19-12-14-22(29)15-13-19)16-26(27)25-11-5-8-20-7-4-10-24(20)25/h2-9,11-15,17,26-27H,10,16H2,1H3. The Kier molecular flexibility index (Phi) is 4.71. The van der Waals surface area contributed by atoms with Gasteiger partial charge in [0.15, 0.2) is 5.78 Å². The maximum atomic E-state index is 13.7. The molecule has 1 nitrogen and oxygen atoms in total. The first kappa shape index (κ1) is 18.7. The molecule has 5 rings (SSSR count). The molecule has 2 heteroatoms. The van der Waals surface area contributed by atoms with Crippen LogP contribution in [0, 0.1) is 18.7 Å². The van der Waals surface area contributed by atoms with Crippen LogP contribution in [0.1, 0.15) is 50.5 Å². The Morgan fingerprint density at radius 1 is 0.967 bits per heavy atom. The molecule has 0 fully saturated rings. The molecule has 2 atom stereocenters. The van der Waals surface area contributed by atoms with Crippen molar-refractivity contribution in [1.29, 1.82) is 0 Å². The Morgan fingerprint density at radius 2 is 1.77 bits per heavy atom. The van der Waals surface area contributed by atoms with Crippen LogP contribution in [0.15, 0.2) is 78.9 Å². The molecule has 0 heterocycles. The SMILES string of the molecule is Cc1ccccc1C(=O)C1C=C(c2ccc(F)cc2)CC1c1cccc2c1CC=C2. The van der Waals surface area contributed by atoms with Gasteiger partial charge >= 0.3 is 0 Å². The quantitative estimate of drug-likeness (QED) is 0.446. The summed E-state index contributed by atoms with van der Waals surface area (Å²) in [6.45, 7) is 1.99. The van der Waals surface area contributed by atoms with Crippen LogP contribution in [-0.4, -0.2) is 5.78 Å². The molecular formula is C28H23FO. The molecule has 2 aliphatic rings. The fraction of sp³-hybridized carbons (Fsp3) is 0.179. The van der Waals surface area contributed by atoms with E-state index < -0.39 is 0 Å². The summed E-state index contributed by atoms with van der Waals surface area (Å²) in [5.74, 6) is -0.211. The van der Waals surface area contributed by atoms with E-state index in [1.807, 2.05) is 43.3 Å². The molecule has 0 spiro atoms. The zero-order chi connectivity index (χ0) is 20.7. The van der Waals surface area contributed by atoms with Crippen LogP contribution in [0.25, 0.3) is 11.6 Å². The fourth-order valence-corrected chi connectivity index (χ4v) is 4.90. The molecule has 0 radical (unpaired) electrons. The summed E-state index contributed by atoms with van der Waals surface area (Å²) < 4.78 is 13.5. The number of carbonyl (C=O) groups excluding carboxylic acids is 1. The van der Waals surface area contributed by atoms with Crippen molar-refractivity contribution < 1.29 is 9.18 Å². The van der Waals surface area contributed by atoms with Crippen molar-refractivity contribution in [3.05, 3.63) is 118 Å². The van der Waals surface area contributed by atoms with Gasteiger partial charge in [-0.15, -0.1) is 0 Å². The third-order valence-electron chi connectivity index (χ3n) is 6.45. The average Bonchev–Trinajstić information content (AvgIpc) is 3.41. The zero-order valence-corrected chi connectivity index (χ0v) is 16.9. The van der Waals surface area contributed by atoms with Crippen molar-refractivity contribution in [3.8, 4) is 0 Å². The van der Waals surface area contributed by atoms with Gasteiger partial charge in [-0.1, -0.05) is 72.8 Å². The highest BCUT2D eigenvalue weighted by Crippen LogP contribution is 2.46. The van der Waals surface area contributed by atoms with Crippen molar-refractivity contribution in [2.45, 2.75) is 25.7 Å². The predicted octanol–water partition coefficient (Wildman–Crippen LogP) is 6.77. The third kappa shape index (κ3) is 3.23. The van der Waals surface area contributed by atoms with Gasteiger partial charge in [-0.2, -0.15) is 0 Å². The van der Waals surface area contributed by atoms with E-state index >= 15 is 0 Å². The monoisotopic (exact) mass is 394 g/mol. The largest absolute Gasteiger partial charge is 0.293 e. The molecular weight excluding hydrogens is 371 g/mol. The van der Waals surface area contributed by atoms with Gasteiger partial charge in [-0.05, 0) is 65.3 Å². The van der Waals surface area contributed by atoms with E-state index in [4.69, 9.17) is 0 Å². The predicted molar refractivity (Wildman–Crippen MR) is 120 cm³/mol. The van der Waals surface area contributed by atoms with Crippen LogP contribution < -0.4 is 0 Å². The highest BCUT2D eigenvalue weighted by atomic mass is 19.1. The minimum absolute atomic E-state index is 0.0898. The maximum Gasteiger partial charge on any atom is 0.170 e. The highest BCUT2D eigenvalue weighted by molar-refractivity contribution is 6.02. The van der Waals surface area contributed by atoms with E-state index in [0.29, 0.717) is 0 Å². The molecule has 0 aromatic heterocycles. The number of hydrogen-bond acceptors (Lipinski definition) is 1. The minimum atomic E-state index is -0.242. The Labute approximate surface area is 176 Å². The number of halogens is 1. The van der Waals surface area contributed by atoms with E-state index in [9.17, 15) is 9.18 Å². The van der Waals surface area contributed by atoms with E-state index in [2.05, 4.69) is 36.4 Å². The molecule has 0 aliphatic heterocycles. The van der Waals surface area contributed by atoms with Crippen LogP contribution in [0.5, 0.6) is 0 Å². The molecule has 3 aromatic rings. The first-order valence-corrected chi connectivity index (χ1v) is 10.5. The lowest BCUT2D eigenvalue weighted by Crippen LogP contribution is -2.19. The summed E-state index contributed by atoms with van der Waals surface area (Å²) >= 11 is 0. The van der Waals surface area contributed by atoms with Crippen LogP contribution in [0.4, 0.5) is 4.39 Å². The molecule has 2 unspecified atom stereocenters. The molecule has 30 heavy (non-hydrogen) atoms. The van der Waals surface area contributed by atoms with E-state index in [-0.39, 0.29) is 23.4 Å². The van der Waals surface area contributed by atoms with Crippen LogP contribution in [0.2, 0.25) is 0 Å².